The fourth-order valence-corrected chi connectivity index (χ4v) is 4.01. The van der Waals surface area contributed by atoms with Crippen molar-refractivity contribution >= 4 is 0 Å². The van der Waals surface area contributed by atoms with Crippen molar-refractivity contribution in [2.75, 3.05) is 47.0 Å². The lowest BCUT2D eigenvalue weighted by Gasteiger charge is -2.29. The number of methoxy groups -OCH3 is 1. The molecule has 30 heavy (non-hydrogen) atoms. The number of β-amino-alcohol motifs (C(OH)–C–C–N with tert-alkyl or cyclic N) is 1. The van der Waals surface area contributed by atoms with Gasteiger partial charge >= 0.3 is 0 Å². The Kier molecular flexibility index (Phi) is 8.10. The molecular weight excluding hydrogens is 380 g/mol. The van der Waals surface area contributed by atoms with E-state index in [1.807, 2.05) is 24.3 Å². The van der Waals surface area contributed by atoms with Gasteiger partial charge in [0.05, 0.1) is 19.3 Å². The number of likely N-dealkylation sites (N-methyl/N-ethyl adjacent to an activating group) is 1. The highest BCUT2D eigenvalue weighted by Crippen LogP contribution is 2.25. The van der Waals surface area contributed by atoms with Crippen molar-refractivity contribution in [2.45, 2.75) is 31.5 Å². The molecule has 164 valence electrons. The van der Waals surface area contributed by atoms with Gasteiger partial charge in [-0.05, 0) is 48.9 Å². The molecule has 2 N–H and O–H groups in total. The Morgan fingerprint density at radius 3 is 2.37 bits per heavy atom. The molecule has 2 aromatic rings. The van der Waals surface area contributed by atoms with Gasteiger partial charge in [-0.1, -0.05) is 24.3 Å². The van der Waals surface area contributed by atoms with Gasteiger partial charge in [0, 0.05) is 45.8 Å². The molecule has 0 aromatic heterocycles. The monoisotopic (exact) mass is 414 g/mol. The minimum atomic E-state index is -0.686. The highest BCUT2D eigenvalue weighted by atomic mass is 16.5. The summed E-state index contributed by atoms with van der Waals surface area (Å²) in [5.74, 6) is 1.68. The number of nitrogens with zero attached hydrogens (tertiary/aromatic N) is 2. The Labute approximate surface area is 179 Å². The lowest BCUT2D eigenvalue weighted by Crippen LogP contribution is -2.43. The first kappa shape index (κ1) is 22.6. The van der Waals surface area contributed by atoms with E-state index in [9.17, 15) is 5.11 Å². The van der Waals surface area contributed by atoms with Gasteiger partial charge in [0.25, 0.3) is 0 Å². The van der Waals surface area contributed by atoms with Crippen molar-refractivity contribution in [3.05, 3.63) is 59.7 Å². The highest BCUT2D eigenvalue weighted by Gasteiger charge is 2.36. The first-order valence-corrected chi connectivity index (χ1v) is 10.6. The van der Waals surface area contributed by atoms with Crippen LogP contribution in [0.4, 0.5) is 0 Å². The average molecular weight is 415 g/mol. The van der Waals surface area contributed by atoms with Gasteiger partial charge in [-0.2, -0.15) is 0 Å². The van der Waals surface area contributed by atoms with Crippen LogP contribution < -0.4 is 9.47 Å². The van der Waals surface area contributed by atoms with Crippen LogP contribution in [0.2, 0.25) is 0 Å². The zero-order valence-electron chi connectivity index (χ0n) is 18.1. The fourth-order valence-electron chi connectivity index (χ4n) is 4.01. The lowest BCUT2D eigenvalue weighted by molar-refractivity contribution is 0.0162. The summed E-state index contributed by atoms with van der Waals surface area (Å²) < 4.78 is 10.8. The molecule has 1 aliphatic rings. The normalized spacial score (nSPS) is 19.4. The molecule has 1 atom stereocenters. The van der Waals surface area contributed by atoms with Crippen LogP contribution in [0.5, 0.6) is 11.5 Å². The maximum atomic E-state index is 11.1. The zero-order chi connectivity index (χ0) is 21.4. The Morgan fingerprint density at radius 1 is 1.03 bits per heavy atom. The van der Waals surface area contributed by atoms with Crippen molar-refractivity contribution in [3.63, 3.8) is 0 Å². The van der Waals surface area contributed by atoms with E-state index < -0.39 is 5.60 Å². The molecule has 0 radical (unpaired) electrons. The van der Waals surface area contributed by atoms with Crippen LogP contribution in [-0.2, 0) is 13.1 Å². The summed E-state index contributed by atoms with van der Waals surface area (Å²) in [6, 6.07) is 16.2. The number of hydrogen-bond donors (Lipinski definition) is 2. The van der Waals surface area contributed by atoms with Crippen molar-refractivity contribution in [3.8, 4) is 11.5 Å². The number of rotatable bonds is 11. The van der Waals surface area contributed by atoms with Crippen LogP contribution in [0.3, 0.4) is 0 Å². The Morgan fingerprint density at radius 2 is 1.70 bits per heavy atom. The van der Waals surface area contributed by atoms with Crippen molar-refractivity contribution < 1.29 is 19.7 Å². The van der Waals surface area contributed by atoms with Gasteiger partial charge in [-0.25, -0.2) is 0 Å². The number of ether oxygens (including phenoxy) is 2. The minimum absolute atomic E-state index is 0.144. The predicted octanol–water partition coefficient (Wildman–Crippen LogP) is 2.53. The van der Waals surface area contributed by atoms with Crippen LogP contribution in [0.15, 0.2) is 48.5 Å². The third-order valence-corrected chi connectivity index (χ3v) is 5.49. The van der Waals surface area contributed by atoms with Crippen molar-refractivity contribution in [1.82, 2.24) is 9.80 Å². The summed E-state index contributed by atoms with van der Waals surface area (Å²) in [5, 5.41) is 19.9. The predicted molar refractivity (Wildman–Crippen MR) is 118 cm³/mol. The van der Waals surface area contributed by atoms with Gasteiger partial charge in [-0.3, -0.25) is 9.80 Å². The first-order chi connectivity index (χ1) is 14.5. The van der Waals surface area contributed by atoms with Crippen LogP contribution in [0.1, 0.15) is 24.0 Å². The standard InChI is InChI=1S/C24H34N2O4/c1-25(16-20-4-8-22(29-2)9-5-20)18-24(28)12-13-26(19-24)17-21-6-10-23(11-7-21)30-15-3-14-27/h4-11,27-28H,3,12-19H2,1-2H3/t24-/m1/s1. The fraction of sp³-hybridized carbons (Fsp3) is 0.500. The van der Waals surface area contributed by atoms with Gasteiger partial charge in [0.2, 0.25) is 0 Å². The second-order valence-corrected chi connectivity index (χ2v) is 8.27. The molecule has 0 saturated carbocycles. The number of benzene rings is 2. The largest absolute Gasteiger partial charge is 0.497 e. The third kappa shape index (κ3) is 6.71. The summed E-state index contributed by atoms with van der Waals surface area (Å²) in [4.78, 5) is 4.49. The van der Waals surface area contributed by atoms with Crippen molar-refractivity contribution in [1.29, 1.82) is 0 Å². The smallest absolute Gasteiger partial charge is 0.119 e. The van der Waals surface area contributed by atoms with E-state index >= 15 is 0 Å². The summed E-state index contributed by atoms with van der Waals surface area (Å²) >= 11 is 0. The average Bonchev–Trinajstić information content (AvgIpc) is 3.10. The maximum absolute atomic E-state index is 11.1. The number of likely N-dealkylation sites (tertiary alicyclic amines) is 1. The number of aliphatic hydroxyl groups is 2. The number of aliphatic hydroxyl groups excluding tert-OH is 1. The summed E-state index contributed by atoms with van der Waals surface area (Å²) in [6.07, 6.45) is 1.42. The molecule has 1 fully saturated rings. The molecular formula is C24H34N2O4. The minimum Gasteiger partial charge on any atom is -0.497 e. The van der Waals surface area contributed by atoms with E-state index in [1.165, 1.54) is 11.1 Å². The topological polar surface area (TPSA) is 65.4 Å². The molecule has 6 heteroatoms. The van der Waals surface area contributed by atoms with Crippen LogP contribution >= 0.6 is 0 Å². The van der Waals surface area contributed by atoms with E-state index in [1.54, 1.807) is 7.11 Å². The van der Waals surface area contributed by atoms with Gasteiger partial charge in [0.15, 0.2) is 0 Å². The molecule has 6 nitrogen and oxygen atoms in total. The maximum Gasteiger partial charge on any atom is 0.119 e. The van der Waals surface area contributed by atoms with E-state index in [-0.39, 0.29) is 6.61 Å². The molecule has 1 heterocycles. The van der Waals surface area contributed by atoms with Gasteiger partial charge < -0.3 is 19.7 Å². The second-order valence-electron chi connectivity index (χ2n) is 8.27. The lowest BCUT2D eigenvalue weighted by atomic mass is 10.0. The van der Waals surface area contributed by atoms with E-state index in [0.29, 0.717) is 26.1 Å². The van der Waals surface area contributed by atoms with Crippen LogP contribution in [0, 0.1) is 0 Å². The van der Waals surface area contributed by atoms with Crippen LogP contribution in [0.25, 0.3) is 0 Å². The van der Waals surface area contributed by atoms with E-state index in [0.717, 1.165) is 37.6 Å². The molecule has 2 aromatic carbocycles. The SMILES string of the molecule is COc1ccc(CN(C)C[C@]2(O)CCN(Cc3ccc(OCCCO)cc3)C2)cc1. The Balaban J connectivity index is 1.46. The van der Waals surface area contributed by atoms with E-state index in [4.69, 9.17) is 14.6 Å². The molecule has 1 saturated heterocycles. The first-order valence-electron chi connectivity index (χ1n) is 10.6. The third-order valence-electron chi connectivity index (χ3n) is 5.49. The Bertz CT molecular complexity index is 766. The summed E-state index contributed by atoms with van der Waals surface area (Å²) in [7, 11) is 3.73. The Hall–Kier alpha value is -2.12. The number of hydrogen-bond acceptors (Lipinski definition) is 6. The molecule has 0 spiro atoms. The van der Waals surface area contributed by atoms with Crippen molar-refractivity contribution in [2.24, 2.45) is 0 Å². The van der Waals surface area contributed by atoms with Crippen LogP contribution in [-0.4, -0.2) is 72.6 Å². The van der Waals surface area contributed by atoms with Gasteiger partial charge in [0.1, 0.15) is 11.5 Å². The van der Waals surface area contributed by atoms with E-state index in [2.05, 4.69) is 41.1 Å². The molecule has 0 bridgehead atoms. The molecule has 0 unspecified atom stereocenters. The molecule has 0 amide bonds. The zero-order valence-corrected chi connectivity index (χ0v) is 18.1. The highest BCUT2D eigenvalue weighted by molar-refractivity contribution is 5.28. The molecule has 1 aliphatic heterocycles. The van der Waals surface area contributed by atoms with Gasteiger partial charge in [-0.15, -0.1) is 0 Å². The quantitative estimate of drug-likeness (QED) is 0.551. The molecule has 0 aliphatic carbocycles. The summed E-state index contributed by atoms with van der Waals surface area (Å²) in [5.41, 5.74) is 1.73. The summed E-state index contributed by atoms with van der Waals surface area (Å²) in [6.45, 7) is 4.50. The molecule has 3 rings (SSSR count). The second kappa shape index (κ2) is 10.8.